The highest BCUT2D eigenvalue weighted by atomic mass is 79.9. The normalized spacial score (nSPS) is 11.6. The van der Waals surface area contributed by atoms with Gasteiger partial charge in [0.1, 0.15) is 0 Å². The minimum absolute atomic E-state index is 0.350. The maximum Gasteiger partial charge on any atom is 0.334 e. The van der Waals surface area contributed by atoms with Gasteiger partial charge in [-0.2, -0.15) is 0 Å². The largest absolute Gasteiger partial charge is 0.479 e. The first-order valence-corrected chi connectivity index (χ1v) is 5.49. The monoisotopic (exact) mass is 302 g/mol. The molecule has 0 saturated carbocycles. The quantitative estimate of drug-likeness (QED) is 0.667. The Morgan fingerprint density at radius 2 is 1.88 bits per heavy atom. The molecule has 7 heteroatoms. The first-order chi connectivity index (χ1) is 7.99. The summed E-state index contributed by atoms with van der Waals surface area (Å²) in [6.07, 6.45) is -1.61. The zero-order chi connectivity index (χ0) is 12.8. The lowest BCUT2D eigenvalue weighted by Gasteiger charge is -2.09. The highest BCUT2D eigenvalue weighted by Crippen LogP contribution is 2.13. The van der Waals surface area contributed by atoms with Crippen molar-refractivity contribution in [3.05, 3.63) is 28.7 Å². The van der Waals surface area contributed by atoms with Crippen LogP contribution in [0.3, 0.4) is 0 Å². The van der Waals surface area contributed by atoms with Crippen molar-refractivity contribution in [2.45, 2.75) is 6.10 Å². The van der Waals surface area contributed by atoms with E-state index < -0.39 is 18.1 Å². The number of carbonyl (C=O) groups excluding carboxylic acids is 1. The fraction of sp³-hybridized carbons (Fsp3) is 0.200. The molecule has 0 aliphatic rings. The molecule has 1 aromatic carbocycles. The lowest BCUT2D eigenvalue weighted by atomic mass is 10.3. The number of urea groups is 1. The van der Waals surface area contributed by atoms with Gasteiger partial charge in [0.2, 0.25) is 0 Å². The van der Waals surface area contributed by atoms with E-state index in [9.17, 15) is 9.59 Å². The zero-order valence-electron chi connectivity index (χ0n) is 8.68. The molecule has 2 amide bonds. The minimum Gasteiger partial charge on any atom is -0.479 e. The third-order valence-electron chi connectivity index (χ3n) is 1.84. The molecule has 1 rings (SSSR count). The van der Waals surface area contributed by atoms with E-state index >= 15 is 0 Å². The number of nitrogens with one attached hydrogen (secondary N) is 2. The van der Waals surface area contributed by atoms with Crippen molar-refractivity contribution in [1.82, 2.24) is 5.32 Å². The predicted octanol–water partition coefficient (Wildman–Crippen LogP) is 1.02. The second-order valence-electron chi connectivity index (χ2n) is 3.20. The maximum absolute atomic E-state index is 11.3. The van der Waals surface area contributed by atoms with Crippen LogP contribution in [0.4, 0.5) is 10.5 Å². The second-order valence-corrected chi connectivity index (χ2v) is 4.11. The van der Waals surface area contributed by atoms with Crippen molar-refractivity contribution in [3.8, 4) is 0 Å². The van der Waals surface area contributed by atoms with Gasteiger partial charge in [0.15, 0.2) is 6.10 Å². The van der Waals surface area contributed by atoms with Gasteiger partial charge in [-0.3, -0.25) is 0 Å². The van der Waals surface area contributed by atoms with E-state index in [4.69, 9.17) is 10.2 Å². The molecule has 0 spiro atoms. The summed E-state index contributed by atoms with van der Waals surface area (Å²) in [4.78, 5) is 21.6. The molecule has 0 saturated heterocycles. The lowest BCUT2D eigenvalue weighted by Crippen LogP contribution is -2.38. The number of aliphatic carboxylic acids is 1. The summed E-state index contributed by atoms with van der Waals surface area (Å²) in [5.41, 5.74) is 0.565. The number of anilines is 1. The number of rotatable bonds is 4. The molecule has 0 radical (unpaired) electrons. The van der Waals surface area contributed by atoms with Crippen LogP contribution in [0.25, 0.3) is 0 Å². The molecule has 1 aromatic rings. The van der Waals surface area contributed by atoms with Crippen LogP contribution in [0, 0.1) is 0 Å². The topological polar surface area (TPSA) is 98.7 Å². The molecule has 0 aliphatic carbocycles. The number of halogens is 1. The third kappa shape index (κ3) is 4.83. The van der Waals surface area contributed by atoms with Gasteiger partial charge < -0.3 is 20.8 Å². The molecular weight excluding hydrogens is 292 g/mol. The van der Waals surface area contributed by atoms with Gasteiger partial charge in [-0.15, -0.1) is 0 Å². The van der Waals surface area contributed by atoms with Gasteiger partial charge >= 0.3 is 12.0 Å². The van der Waals surface area contributed by atoms with Crippen LogP contribution in [0.1, 0.15) is 0 Å². The number of benzene rings is 1. The number of hydrogen-bond acceptors (Lipinski definition) is 3. The fourth-order valence-corrected chi connectivity index (χ4v) is 1.25. The summed E-state index contributed by atoms with van der Waals surface area (Å²) in [6.45, 7) is -0.350. The number of carboxylic acids is 1. The molecule has 0 aromatic heterocycles. The molecule has 0 unspecified atom stereocenters. The smallest absolute Gasteiger partial charge is 0.334 e. The lowest BCUT2D eigenvalue weighted by molar-refractivity contribution is -0.146. The Kier molecular flexibility index (Phi) is 4.92. The van der Waals surface area contributed by atoms with E-state index in [1.54, 1.807) is 24.3 Å². The van der Waals surface area contributed by atoms with E-state index in [1.165, 1.54) is 0 Å². The van der Waals surface area contributed by atoms with E-state index in [1.807, 2.05) is 0 Å². The van der Waals surface area contributed by atoms with Gasteiger partial charge in [-0.05, 0) is 24.3 Å². The van der Waals surface area contributed by atoms with Crippen molar-refractivity contribution in [1.29, 1.82) is 0 Å². The number of amides is 2. The average Bonchev–Trinajstić information content (AvgIpc) is 2.29. The summed E-state index contributed by atoms with van der Waals surface area (Å²) in [6, 6.07) is 6.28. The van der Waals surface area contributed by atoms with Gasteiger partial charge in [0, 0.05) is 10.2 Å². The van der Waals surface area contributed by atoms with Gasteiger partial charge in [-0.1, -0.05) is 15.9 Å². The average molecular weight is 303 g/mol. The predicted molar refractivity (Wildman–Crippen MR) is 64.8 cm³/mol. The van der Waals surface area contributed by atoms with Crippen LogP contribution in [-0.2, 0) is 4.79 Å². The minimum atomic E-state index is -1.61. The Bertz CT molecular complexity index is 407. The van der Waals surface area contributed by atoms with Crippen LogP contribution >= 0.6 is 15.9 Å². The van der Waals surface area contributed by atoms with Crippen molar-refractivity contribution in [2.75, 3.05) is 11.9 Å². The summed E-state index contributed by atoms with van der Waals surface area (Å²) < 4.78 is 0.879. The standard InChI is InChI=1S/C10H11BrN2O4/c11-6-1-3-7(4-2-6)13-10(17)12-5-8(14)9(15)16/h1-4,8,14H,5H2,(H,15,16)(H2,12,13,17)/t8-/m0/s1. The van der Waals surface area contributed by atoms with Crippen molar-refractivity contribution >= 4 is 33.6 Å². The van der Waals surface area contributed by atoms with Crippen molar-refractivity contribution in [3.63, 3.8) is 0 Å². The van der Waals surface area contributed by atoms with E-state index in [2.05, 4.69) is 26.6 Å². The maximum atomic E-state index is 11.3. The van der Waals surface area contributed by atoms with Gasteiger partial charge in [0.05, 0.1) is 6.54 Å². The first kappa shape index (κ1) is 13.5. The molecule has 0 bridgehead atoms. The Morgan fingerprint density at radius 1 is 1.29 bits per heavy atom. The molecule has 92 valence electrons. The highest BCUT2D eigenvalue weighted by Gasteiger charge is 2.13. The SMILES string of the molecule is O=C(NC[C@H](O)C(=O)O)Nc1ccc(Br)cc1. The number of carboxylic acid groups (broad SMARTS) is 1. The molecule has 1 atom stereocenters. The molecule has 6 nitrogen and oxygen atoms in total. The molecular formula is C10H11BrN2O4. The van der Waals surface area contributed by atoms with Crippen LogP contribution in [0.15, 0.2) is 28.7 Å². The third-order valence-corrected chi connectivity index (χ3v) is 2.37. The Labute approximate surface area is 106 Å². The molecule has 17 heavy (non-hydrogen) atoms. The number of aliphatic hydroxyl groups is 1. The summed E-state index contributed by atoms with van der Waals surface area (Å²) in [7, 11) is 0. The second kappa shape index (κ2) is 6.21. The van der Waals surface area contributed by atoms with E-state index in [0.717, 1.165) is 4.47 Å². The first-order valence-electron chi connectivity index (χ1n) is 4.70. The highest BCUT2D eigenvalue weighted by molar-refractivity contribution is 9.10. The van der Waals surface area contributed by atoms with Crippen LogP contribution in [0.5, 0.6) is 0 Å². The van der Waals surface area contributed by atoms with Crippen molar-refractivity contribution in [2.24, 2.45) is 0 Å². The van der Waals surface area contributed by atoms with Gasteiger partial charge in [-0.25, -0.2) is 9.59 Å². The number of carbonyl (C=O) groups is 2. The Hall–Kier alpha value is -1.60. The Balaban J connectivity index is 2.39. The number of hydrogen-bond donors (Lipinski definition) is 4. The molecule has 0 heterocycles. The molecule has 0 aliphatic heterocycles. The zero-order valence-corrected chi connectivity index (χ0v) is 10.3. The van der Waals surface area contributed by atoms with Crippen LogP contribution in [0.2, 0.25) is 0 Å². The summed E-state index contributed by atoms with van der Waals surface area (Å²) in [5.74, 6) is -1.38. The number of aliphatic hydroxyl groups excluding tert-OH is 1. The van der Waals surface area contributed by atoms with E-state index in [0.29, 0.717) is 5.69 Å². The fourth-order valence-electron chi connectivity index (χ4n) is 0.985. The molecule has 0 fully saturated rings. The van der Waals surface area contributed by atoms with Gasteiger partial charge in [0.25, 0.3) is 0 Å². The summed E-state index contributed by atoms with van der Waals surface area (Å²) >= 11 is 3.25. The molecule has 4 N–H and O–H groups in total. The van der Waals surface area contributed by atoms with E-state index in [-0.39, 0.29) is 6.54 Å². The van der Waals surface area contributed by atoms with Crippen LogP contribution in [-0.4, -0.2) is 34.9 Å². The van der Waals surface area contributed by atoms with Crippen molar-refractivity contribution < 1.29 is 19.8 Å². The Morgan fingerprint density at radius 3 is 2.41 bits per heavy atom. The summed E-state index contributed by atoms with van der Waals surface area (Å²) in [5, 5.41) is 22.0. The van der Waals surface area contributed by atoms with Crippen LogP contribution < -0.4 is 10.6 Å².